The molecule has 10 aromatic rings. The zero-order chi connectivity index (χ0) is 43.3. The van der Waals surface area contributed by atoms with Gasteiger partial charge in [0.2, 0.25) is 0 Å². The summed E-state index contributed by atoms with van der Waals surface area (Å²) < 4.78 is 3.49. The van der Waals surface area contributed by atoms with Crippen molar-refractivity contribution in [3.8, 4) is 11.4 Å². The number of rotatable bonds is 10. The van der Waals surface area contributed by atoms with E-state index in [-0.39, 0.29) is 23.2 Å². The van der Waals surface area contributed by atoms with E-state index in [1.165, 1.54) is 12.7 Å². The van der Waals surface area contributed by atoms with Crippen LogP contribution in [0.15, 0.2) is 132 Å². The van der Waals surface area contributed by atoms with E-state index in [9.17, 15) is 9.59 Å². The second kappa shape index (κ2) is 16.0. The fraction of sp³-hybridized carbons (Fsp3) is 0.208. The van der Waals surface area contributed by atoms with Crippen LogP contribution in [0.2, 0.25) is 0 Å². The average molecular weight is 847 g/mol. The van der Waals surface area contributed by atoms with Crippen LogP contribution in [0.5, 0.6) is 0 Å². The number of H-pyrrole nitrogens is 2. The Morgan fingerprint density at radius 3 is 1.36 bits per heavy atom. The zero-order valence-corrected chi connectivity index (χ0v) is 35.0. The van der Waals surface area contributed by atoms with Gasteiger partial charge in [0.1, 0.15) is 35.3 Å². The van der Waals surface area contributed by atoms with Gasteiger partial charge in [0, 0.05) is 0 Å². The first kappa shape index (κ1) is 38.8. The van der Waals surface area contributed by atoms with Crippen molar-refractivity contribution in [2.45, 2.75) is 51.6 Å². The van der Waals surface area contributed by atoms with Crippen molar-refractivity contribution in [1.82, 2.24) is 59.0 Å². The van der Waals surface area contributed by atoms with Crippen LogP contribution >= 0.6 is 0 Å². The van der Waals surface area contributed by atoms with Gasteiger partial charge < -0.3 is 20.6 Å². The van der Waals surface area contributed by atoms with Crippen LogP contribution in [-0.4, -0.2) is 59.0 Å². The Labute approximate surface area is 365 Å². The van der Waals surface area contributed by atoms with Crippen molar-refractivity contribution in [2.24, 2.45) is 11.8 Å². The second-order valence-corrected chi connectivity index (χ2v) is 16.4. The molecule has 0 amide bonds. The second-order valence-electron chi connectivity index (χ2n) is 16.4. The molecule has 2 aliphatic carbocycles. The Morgan fingerprint density at radius 1 is 0.531 bits per heavy atom. The molecule has 16 nitrogen and oxygen atoms in total. The maximum atomic E-state index is 13.8. The lowest BCUT2D eigenvalue weighted by Gasteiger charge is -2.23. The third-order valence-electron chi connectivity index (χ3n) is 12.1. The fourth-order valence-corrected chi connectivity index (χ4v) is 8.59. The van der Waals surface area contributed by atoms with Crippen LogP contribution in [0.1, 0.15) is 60.5 Å². The number of anilines is 2. The van der Waals surface area contributed by atoms with Gasteiger partial charge in [-0.1, -0.05) is 60.7 Å². The number of para-hydroxylation sites is 2. The third kappa shape index (κ3) is 7.07. The monoisotopic (exact) mass is 846 g/mol. The van der Waals surface area contributed by atoms with Gasteiger partial charge in [0.15, 0.2) is 22.9 Å². The molecule has 0 spiro atoms. The maximum Gasteiger partial charge on any atom is 0.266 e. The number of imidazole rings is 2. The van der Waals surface area contributed by atoms with Gasteiger partial charge in [-0.05, 0) is 98.9 Å². The molecule has 0 unspecified atom stereocenters. The van der Waals surface area contributed by atoms with Crippen LogP contribution in [0, 0.1) is 25.7 Å². The Bertz CT molecular complexity index is 3230. The Balaban J connectivity index is 0.000000143. The summed E-state index contributed by atoms with van der Waals surface area (Å²) in [6, 6.07) is 30.6. The van der Waals surface area contributed by atoms with E-state index in [1.54, 1.807) is 21.8 Å². The third-order valence-corrected chi connectivity index (χ3v) is 12.1. The molecule has 316 valence electrons. The van der Waals surface area contributed by atoms with Crippen molar-refractivity contribution in [1.29, 1.82) is 0 Å². The smallest absolute Gasteiger partial charge is 0.266 e. The van der Waals surface area contributed by atoms with E-state index in [4.69, 9.17) is 9.97 Å². The molecule has 6 heterocycles. The standard InChI is InChI=1S/2C24H21N7O/c2*1-14-6-5-9-17-18(14)24(32)31(16-7-3-2-4-8-16)23(29-17)19(15-10-11-15)30-22-20-21(26-12-25-20)27-13-28-22/h2*2-9,12-13,15,19H,10-11H2,1H3,(H2,25,26,27,28,30)/t2*19-/m00/s1. The van der Waals surface area contributed by atoms with Gasteiger partial charge in [-0.25, -0.2) is 39.9 Å². The molecule has 2 saturated carbocycles. The Morgan fingerprint density at radius 2 is 0.953 bits per heavy atom. The van der Waals surface area contributed by atoms with Crippen molar-refractivity contribution in [2.75, 3.05) is 10.6 Å². The van der Waals surface area contributed by atoms with Crippen molar-refractivity contribution in [3.05, 3.63) is 166 Å². The largest absolute Gasteiger partial charge is 0.358 e. The summed E-state index contributed by atoms with van der Waals surface area (Å²) >= 11 is 0. The minimum absolute atomic E-state index is 0.0591. The quantitative estimate of drug-likeness (QED) is 0.104. The molecular formula is C48H42N14O2. The molecule has 0 saturated heterocycles. The summed E-state index contributed by atoms with van der Waals surface area (Å²) in [6.07, 6.45) is 10.4. The summed E-state index contributed by atoms with van der Waals surface area (Å²) in [5.41, 5.74) is 7.40. The topological polar surface area (TPSA) is 203 Å². The minimum atomic E-state index is -0.186. The summed E-state index contributed by atoms with van der Waals surface area (Å²) in [5.74, 6) is 3.39. The van der Waals surface area contributed by atoms with Gasteiger partial charge in [-0.15, -0.1) is 0 Å². The average Bonchev–Trinajstić information content (AvgIpc) is 4.24. The minimum Gasteiger partial charge on any atom is -0.358 e. The van der Waals surface area contributed by atoms with E-state index >= 15 is 0 Å². The van der Waals surface area contributed by atoms with Crippen LogP contribution < -0.4 is 21.8 Å². The highest BCUT2D eigenvalue weighted by atomic mass is 16.1. The predicted molar refractivity (Wildman–Crippen MR) is 246 cm³/mol. The number of aryl methyl sites for hydroxylation is 2. The number of nitrogens with zero attached hydrogens (tertiary/aromatic N) is 10. The summed E-state index contributed by atoms with van der Waals surface area (Å²) in [5, 5.41) is 8.41. The van der Waals surface area contributed by atoms with Crippen LogP contribution in [0.25, 0.3) is 55.5 Å². The van der Waals surface area contributed by atoms with Gasteiger partial charge >= 0.3 is 0 Å². The van der Waals surface area contributed by atoms with E-state index in [0.29, 0.717) is 68.2 Å². The van der Waals surface area contributed by atoms with Crippen molar-refractivity contribution < 1.29 is 0 Å². The van der Waals surface area contributed by atoms with E-state index in [0.717, 1.165) is 59.2 Å². The lowest BCUT2D eigenvalue weighted by atomic mass is 10.1. The number of benzene rings is 4. The molecule has 16 heteroatoms. The maximum absolute atomic E-state index is 13.8. The molecule has 12 rings (SSSR count). The highest BCUT2D eigenvalue weighted by molar-refractivity contribution is 5.85. The summed E-state index contributed by atoms with van der Waals surface area (Å²) in [6.45, 7) is 3.90. The number of hydrogen-bond acceptors (Lipinski definition) is 12. The Hall–Kier alpha value is -8.14. The molecule has 0 radical (unpaired) electrons. The van der Waals surface area contributed by atoms with Gasteiger partial charge in [-0.3, -0.25) is 18.7 Å². The normalized spacial score (nSPS) is 14.7. The molecule has 64 heavy (non-hydrogen) atoms. The molecule has 4 N–H and O–H groups in total. The van der Waals surface area contributed by atoms with Gasteiger partial charge in [0.05, 0.1) is 57.9 Å². The zero-order valence-electron chi connectivity index (χ0n) is 35.0. The number of hydrogen-bond donors (Lipinski definition) is 4. The Kier molecular flexibility index (Phi) is 9.66. The molecule has 0 bridgehead atoms. The van der Waals surface area contributed by atoms with E-state index in [2.05, 4.69) is 50.5 Å². The van der Waals surface area contributed by atoms with E-state index < -0.39 is 0 Å². The first-order chi connectivity index (χ1) is 31.4. The van der Waals surface area contributed by atoms with Crippen molar-refractivity contribution >= 4 is 55.8 Å². The van der Waals surface area contributed by atoms with Crippen molar-refractivity contribution in [3.63, 3.8) is 0 Å². The molecule has 2 aliphatic rings. The van der Waals surface area contributed by atoms with Gasteiger partial charge in [-0.2, -0.15) is 0 Å². The number of fused-ring (bicyclic) bond motifs is 4. The van der Waals surface area contributed by atoms with Gasteiger partial charge in [0.25, 0.3) is 11.1 Å². The molecule has 4 aromatic carbocycles. The summed E-state index contributed by atoms with van der Waals surface area (Å²) in [7, 11) is 0. The molecular weight excluding hydrogens is 805 g/mol. The highest BCUT2D eigenvalue weighted by Crippen LogP contribution is 2.44. The van der Waals surface area contributed by atoms with E-state index in [1.807, 2.05) is 111 Å². The molecule has 2 fully saturated rings. The number of nitrogens with one attached hydrogen (secondary N) is 4. The first-order valence-corrected chi connectivity index (χ1v) is 21.4. The molecule has 6 aromatic heterocycles. The fourth-order valence-electron chi connectivity index (χ4n) is 8.59. The number of aromatic nitrogens is 12. The summed E-state index contributed by atoms with van der Waals surface area (Å²) in [4.78, 5) is 69.6. The lowest BCUT2D eigenvalue weighted by Crippen LogP contribution is -2.29. The highest BCUT2D eigenvalue weighted by Gasteiger charge is 2.38. The van der Waals surface area contributed by atoms with Crippen LogP contribution in [0.4, 0.5) is 11.6 Å². The van der Waals surface area contributed by atoms with Crippen LogP contribution in [0.3, 0.4) is 0 Å². The number of aromatic amines is 2. The SMILES string of the molecule is Cc1cccc2nc([C@@H](Nc3ncnc4nc[nH]c34)C3CC3)n(-c3ccccc3)c(=O)c12.Cc1cccc2nc([C@@H](Nc3ncnc4nc[nH]c34)C3CC3)n(-c3ccccc3)c(=O)c12. The predicted octanol–water partition coefficient (Wildman–Crippen LogP) is 7.85. The molecule has 2 atom stereocenters. The van der Waals surface area contributed by atoms with Crippen LogP contribution in [-0.2, 0) is 0 Å². The molecule has 0 aliphatic heterocycles. The first-order valence-electron chi connectivity index (χ1n) is 21.4. The lowest BCUT2D eigenvalue weighted by molar-refractivity contribution is 0.609.